The van der Waals surface area contributed by atoms with Crippen molar-refractivity contribution in [2.24, 2.45) is 0 Å². The third-order valence-corrected chi connectivity index (χ3v) is 3.70. The molecule has 1 N–H and O–H groups in total. The summed E-state index contributed by atoms with van der Waals surface area (Å²) in [5.74, 6) is 7.25. The Morgan fingerprint density at radius 3 is 2.58 bits per heavy atom. The van der Waals surface area contributed by atoms with E-state index in [1.807, 2.05) is 50.5 Å². The van der Waals surface area contributed by atoms with Crippen molar-refractivity contribution in [3.63, 3.8) is 0 Å². The smallest absolute Gasteiger partial charge is 0.137 e. The van der Waals surface area contributed by atoms with Crippen molar-refractivity contribution in [1.29, 1.82) is 0 Å². The molecule has 0 unspecified atom stereocenters. The molecule has 24 heavy (non-hydrogen) atoms. The minimum atomic E-state index is 0.754. The van der Waals surface area contributed by atoms with E-state index in [0.717, 1.165) is 35.2 Å². The van der Waals surface area contributed by atoms with Crippen molar-refractivity contribution in [3.8, 4) is 11.8 Å². The van der Waals surface area contributed by atoms with Gasteiger partial charge >= 0.3 is 0 Å². The maximum atomic E-state index is 4.31. The molecule has 3 aromatic rings. The lowest BCUT2D eigenvalue weighted by molar-refractivity contribution is 1.07. The summed E-state index contributed by atoms with van der Waals surface area (Å²) >= 11 is 0. The van der Waals surface area contributed by atoms with Gasteiger partial charge in [-0.15, -0.1) is 0 Å². The van der Waals surface area contributed by atoms with Crippen LogP contribution in [0.5, 0.6) is 0 Å². The van der Waals surface area contributed by atoms with Crippen molar-refractivity contribution < 1.29 is 0 Å². The van der Waals surface area contributed by atoms with Crippen molar-refractivity contribution in [2.75, 3.05) is 30.9 Å². The van der Waals surface area contributed by atoms with Gasteiger partial charge in [-0.2, -0.15) is 0 Å². The van der Waals surface area contributed by atoms with Crippen LogP contribution in [0.25, 0.3) is 10.9 Å². The van der Waals surface area contributed by atoms with Crippen molar-refractivity contribution in [3.05, 3.63) is 60.4 Å². The van der Waals surface area contributed by atoms with Gasteiger partial charge in [-0.3, -0.25) is 0 Å². The summed E-state index contributed by atoms with van der Waals surface area (Å²) in [5, 5.41) is 4.37. The maximum Gasteiger partial charge on any atom is 0.137 e. The molecular weight excluding hydrogens is 296 g/mol. The highest BCUT2D eigenvalue weighted by Crippen LogP contribution is 2.18. The average molecular weight is 316 g/mol. The highest BCUT2D eigenvalue weighted by molar-refractivity contribution is 5.88. The number of aromatic nitrogens is 2. The minimum Gasteiger partial charge on any atom is -0.378 e. The van der Waals surface area contributed by atoms with Crippen LogP contribution >= 0.6 is 0 Å². The minimum absolute atomic E-state index is 0.754. The van der Waals surface area contributed by atoms with Crippen LogP contribution in [0.3, 0.4) is 0 Å². The van der Waals surface area contributed by atoms with Gasteiger partial charge in [-0.05, 0) is 36.4 Å². The molecule has 3 rings (SSSR count). The number of hydrogen-bond donors (Lipinski definition) is 1. The fraction of sp³-hybridized carbons (Fsp3) is 0.200. The number of fused-ring (bicyclic) bond motifs is 1. The van der Waals surface area contributed by atoms with E-state index in [1.54, 1.807) is 6.33 Å². The monoisotopic (exact) mass is 316 g/mol. The van der Waals surface area contributed by atoms with E-state index >= 15 is 0 Å². The van der Waals surface area contributed by atoms with Gasteiger partial charge in [0.15, 0.2) is 0 Å². The summed E-state index contributed by atoms with van der Waals surface area (Å²) in [6, 6.07) is 16.2. The molecule has 4 heteroatoms. The number of nitrogens with one attached hydrogen (secondary N) is 1. The van der Waals surface area contributed by atoms with Crippen molar-refractivity contribution >= 4 is 22.4 Å². The molecule has 0 radical (unpaired) electrons. The zero-order chi connectivity index (χ0) is 16.8. The van der Waals surface area contributed by atoms with Crippen LogP contribution in [-0.4, -0.2) is 30.6 Å². The number of anilines is 2. The predicted octanol–water partition coefficient (Wildman–Crippen LogP) is 3.55. The highest BCUT2D eigenvalue weighted by atomic mass is 15.1. The SMILES string of the molecule is CN(C)c1ccc(C#CCCNc2ncnc3ccccc23)cc1. The van der Waals surface area contributed by atoms with E-state index in [4.69, 9.17) is 0 Å². The van der Waals surface area contributed by atoms with Gasteiger partial charge in [0.2, 0.25) is 0 Å². The van der Waals surface area contributed by atoms with Gasteiger partial charge in [0.05, 0.1) is 5.52 Å². The maximum absolute atomic E-state index is 4.31. The quantitative estimate of drug-likeness (QED) is 0.590. The number of rotatable bonds is 4. The van der Waals surface area contributed by atoms with Gasteiger partial charge in [0.1, 0.15) is 12.1 Å². The molecule has 0 amide bonds. The molecule has 0 fully saturated rings. The normalized spacial score (nSPS) is 10.1. The summed E-state index contributed by atoms with van der Waals surface area (Å²) in [6.45, 7) is 0.754. The van der Waals surface area contributed by atoms with Crippen LogP contribution in [0.15, 0.2) is 54.9 Å². The lowest BCUT2D eigenvalue weighted by Crippen LogP contribution is -2.07. The topological polar surface area (TPSA) is 41.0 Å². The van der Waals surface area contributed by atoms with Crippen molar-refractivity contribution in [1.82, 2.24) is 9.97 Å². The number of benzene rings is 2. The van der Waals surface area contributed by atoms with E-state index in [-0.39, 0.29) is 0 Å². The van der Waals surface area contributed by atoms with E-state index in [1.165, 1.54) is 5.69 Å². The Kier molecular flexibility index (Phi) is 4.93. The lowest BCUT2D eigenvalue weighted by atomic mass is 10.2. The van der Waals surface area contributed by atoms with Gasteiger partial charge < -0.3 is 10.2 Å². The van der Waals surface area contributed by atoms with Gasteiger partial charge in [0, 0.05) is 43.7 Å². The van der Waals surface area contributed by atoms with Crippen LogP contribution in [0.2, 0.25) is 0 Å². The van der Waals surface area contributed by atoms with Crippen LogP contribution in [0.1, 0.15) is 12.0 Å². The second-order valence-corrected chi connectivity index (χ2v) is 5.66. The van der Waals surface area contributed by atoms with Crippen LogP contribution < -0.4 is 10.2 Å². The molecule has 0 saturated carbocycles. The number of nitrogens with zero attached hydrogens (tertiary/aromatic N) is 3. The number of hydrogen-bond acceptors (Lipinski definition) is 4. The summed E-state index contributed by atoms with van der Waals surface area (Å²) < 4.78 is 0. The molecule has 0 saturated heterocycles. The highest BCUT2D eigenvalue weighted by Gasteiger charge is 2.00. The Hall–Kier alpha value is -3.06. The fourth-order valence-electron chi connectivity index (χ4n) is 2.40. The van der Waals surface area contributed by atoms with E-state index in [2.05, 4.69) is 44.2 Å². The number of para-hydroxylation sites is 1. The first-order chi connectivity index (χ1) is 11.7. The molecule has 0 atom stereocenters. The first-order valence-electron chi connectivity index (χ1n) is 7.94. The van der Waals surface area contributed by atoms with Crippen molar-refractivity contribution in [2.45, 2.75) is 6.42 Å². The Morgan fingerprint density at radius 2 is 1.79 bits per heavy atom. The zero-order valence-corrected chi connectivity index (χ0v) is 14.0. The van der Waals surface area contributed by atoms with E-state index < -0.39 is 0 Å². The molecule has 2 aromatic carbocycles. The largest absolute Gasteiger partial charge is 0.378 e. The Morgan fingerprint density at radius 1 is 1.00 bits per heavy atom. The first-order valence-corrected chi connectivity index (χ1v) is 7.94. The molecule has 1 aromatic heterocycles. The molecule has 120 valence electrons. The fourth-order valence-corrected chi connectivity index (χ4v) is 2.40. The summed E-state index contributed by atoms with van der Waals surface area (Å²) in [6.07, 6.45) is 2.34. The third-order valence-electron chi connectivity index (χ3n) is 3.70. The third kappa shape index (κ3) is 3.82. The average Bonchev–Trinajstić information content (AvgIpc) is 2.62. The summed E-state index contributed by atoms with van der Waals surface area (Å²) in [4.78, 5) is 10.7. The second-order valence-electron chi connectivity index (χ2n) is 5.66. The van der Waals surface area contributed by atoms with E-state index in [9.17, 15) is 0 Å². The Labute approximate surface area is 142 Å². The molecule has 0 aliphatic carbocycles. The van der Waals surface area contributed by atoms with Gasteiger partial charge in [-0.1, -0.05) is 24.0 Å². The molecular formula is C20H20N4. The summed E-state index contributed by atoms with van der Waals surface area (Å²) in [5.41, 5.74) is 3.16. The van der Waals surface area contributed by atoms with Crippen LogP contribution in [0.4, 0.5) is 11.5 Å². The first kappa shape index (κ1) is 15.8. The standard InChI is InChI=1S/C20H20N4/c1-24(2)17-12-10-16(11-13-17)7-5-6-14-21-20-18-8-3-4-9-19(18)22-15-23-20/h3-4,8-13,15H,6,14H2,1-2H3,(H,21,22,23). The Balaban J connectivity index is 1.57. The van der Waals surface area contributed by atoms with E-state index in [0.29, 0.717) is 0 Å². The molecule has 0 aliphatic rings. The molecule has 0 aliphatic heterocycles. The molecule has 0 bridgehead atoms. The lowest BCUT2D eigenvalue weighted by Gasteiger charge is -2.11. The van der Waals surface area contributed by atoms with Crippen LogP contribution in [-0.2, 0) is 0 Å². The van der Waals surface area contributed by atoms with Crippen LogP contribution in [0, 0.1) is 11.8 Å². The zero-order valence-electron chi connectivity index (χ0n) is 14.0. The van der Waals surface area contributed by atoms with Gasteiger partial charge in [0.25, 0.3) is 0 Å². The molecule has 4 nitrogen and oxygen atoms in total. The van der Waals surface area contributed by atoms with Gasteiger partial charge in [-0.25, -0.2) is 9.97 Å². The second kappa shape index (κ2) is 7.47. The molecule has 1 heterocycles. The Bertz CT molecular complexity index is 868. The molecule has 0 spiro atoms. The summed E-state index contributed by atoms with van der Waals surface area (Å²) in [7, 11) is 4.06. The predicted molar refractivity (Wildman–Crippen MR) is 100 cm³/mol.